The minimum absolute atomic E-state index is 0.0260. The number of hydrogen-bond donors (Lipinski definition) is 1. The van der Waals surface area contributed by atoms with E-state index in [1.165, 1.54) is 16.9 Å². The minimum atomic E-state index is -0.147. The number of rotatable bonds is 8. The van der Waals surface area contributed by atoms with Gasteiger partial charge in [0.1, 0.15) is 5.82 Å². The Morgan fingerprint density at radius 2 is 1.59 bits per heavy atom. The van der Waals surface area contributed by atoms with Crippen molar-refractivity contribution < 1.29 is 4.79 Å². The van der Waals surface area contributed by atoms with E-state index < -0.39 is 0 Å². The first kappa shape index (κ1) is 22.0. The first-order valence-electron chi connectivity index (χ1n) is 11.4. The van der Waals surface area contributed by atoms with Crippen LogP contribution in [0.15, 0.2) is 83.7 Å². The third-order valence-corrected chi connectivity index (χ3v) is 6.81. The number of benzene rings is 3. The predicted molar refractivity (Wildman–Crippen MR) is 137 cm³/mol. The second-order valence-corrected chi connectivity index (χ2v) is 9.14. The predicted octanol–water partition coefficient (Wildman–Crippen LogP) is 5.13. The molecule has 0 atom stereocenters. The topological polar surface area (TPSA) is 79.0 Å². The van der Waals surface area contributed by atoms with Crippen molar-refractivity contribution in [3.05, 3.63) is 101 Å². The Bertz CT molecular complexity index is 1460. The van der Waals surface area contributed by atoms with Crippen molar-refractivity contribution in [2.45, 2.75) is 25.7 Å². The van der Waals surface area contributed by atoms with Gasteiger partial charge in [0.05, 0.1) is 21.1 Å². The molecule has 0 saturated heterocycles. The summed E-state index contributed by atoms with van der Waals surface area (Å²) < 4.78 is 1.06. The number of aromatic amines is 1. The quantitative estimate of drug-likeness (QED) is 0.342. The highest BCUT2D eigenvalue weighted by Crippen LogP contribution is 2.29. The van der Waals surface area contributed by atoms with Gasteiger partial charge in [0.2, 0.25) is 5.91 Å². The molecule has 0 radical (unpaired) electrons. The first-order valence-corrected chi connectivity index (χ1v) is 12.2. The van der Waals surface area contributed by atoms with Crippen LogP contribution in [-0.2, 0) is 17.6 Å². The second kappa shape index (κ2) is 9.97. The molecule has 3 aromatic carbocycles. The number of aromatic nitrogens is 3. The summed E-state index contributed by atoms with van der Waals surface area (Å²) >= 11 is 1.54. The van der Waals surface area contributed by atoms with Gasteiger partial charge in [0.25, 0.3) is 5.56 Å². The molecule has 6 nitrogen and oxygen atoms in total. The summed E-state index contributed by atoms with van der Waals surface area (Å²) in [7, 11) is 0. The van der Waals surface area contributed by atoms with E-state index in [9.17, 15) is 9.59 Å². The zero-order valence-corrected chi connectivity index (χ0v) is 19.4. The fraction of sp³-hybridized carbons (Fsp3) is 0.185. The van der Waals surface area contributed by atoms with Crippen LogP contribution < -0.4 is 10.5 Å². The van der Waals surface area contributed by atoms with Gasteiger partial charge < -0.3 is 4.98 Å². The second-order valence-electron chi connectivity index (χ2n) is 8.13. The number of thiazole rings is 1. The van der Waals surface area contributed by atoms with Crippen LogP contribution in [0.3, 0.4) is 0 Å². The molecular weight excluding hydrogens is 444 g/mol. The van der Waals surface area contributed by atoms with E-state index >= 15 is 0 Å². The van der Waals surface area contributed by atoms with Crippen LogP contribution in [-0.4, -0.2) is 27.4 Å². The van der Waals surface area contributed by atoms with E-state index in [0.717, 1.165) is 21.8 Å². The molecule has 0 bridgehead atoms. The average Bonchev–Trinajstić information content (AvgIpc) is 3.29. The summed E-state index contributed by atoms with van der Waals surface area (Å²) in [5.74, 6) is 0.630. The smallest absolute Gasteiger partial charge is 0.258 e. The van der Waals surface area contributed by atoms with Gasteiger partial charge in [-0.15, -0.1) is 0 Å². The van der Waals surface area contributed by atoms with Crippen molar-refractivity contribution in [1.29, 1.82) is 0 Å². The summed E-state index contributed by atoms with van der Waals surface area (Å²) in [6.07, 6.45) is 2.22. The van der Waals surface area contributed by atoms with Crippen LogP contribution in [0.1, 0.15) is 24.2 Å². The lowest BCUT2D eigenvalue weighted by atomic mass is 10.1. The number of para-hydroxylation sites is 2. The van der Waals surface area contributed by atoms with Crippen LogP contribution in [0.4, 0.5) is 5.13 Å². The largest absolute Gasteiger partial charge is 0.310 e. The lowest BCUT2D eigenvalue weighted by Gasteiger charge is -2.20. The molecule has 2 aromatic heterocycles. The summed E-state index contributed by atoms with van der Waals surface area (Å²) in [6.45, 7) is 0.563. The SMILES string of the molecule is O=C(CCCc1nc2ccccc2c(=O)[nH]1)N(CCc1ccccc1)c1nc2ccccc2s1. The van der Waals surface area contributed by atoms with Gasteiger partial charge in [-0.05, 0) is 42.7 Å². The number of fused-ring (bicyclic) bond motifs is 2. The molecule has 0 aliphatic heterocycles. The Labute approximate surface area is 200 Å². The lowest BCUT2D eigenvalue weighted by molar-refractivity contribution is -0.118. The number of amides is 1. The monoisotopic (exact) mass is 468 g/mol. The number of carbonyl (C=O) groups is 1. The fourth-order valence-corrected chi connectivity index (χ4v) is 4.99. The summed E-state index contributed by atoms with van der Waals surface area (Å²) in [4.78, 5) is 39.5. The molecule has 34 heavy (non-hydrogen) atoms. The van der Waals surface area contributed by atoms with Gasteiger partial charge in [-0.25, -0.2) is 9.97 Å². The maximum Gasteiger partial charge on any atom is 0.258 e. The third-order valence-electron chi connectivity index (χ3n) is 5.75. The van der Waals surface area contributed by atoms with Gasteiger partial charge in [0.15, 0.2) is 5.13 Å². The summed E-state index contributed by atoms with van der Waals surface area (Å²) in [5, 5.41) is 1.30. The zero-order chi connectivity index (χ0) is 23.3. The molecule has 5 rings (SSSR count). The van der Waals surface area contributed by atoms with Crippen molar-refractivity contribution in [1.82, 2.24) is 15.0 Å². The van der Waals surface area contributed by atoms with Crippen molar-refractivity contribution in [2.75, 3.05) is 11.4 Å². The Hall–Kier alpha value is -3.84. The number of hydrogen-bond acceptors (Lipinski definition) is 5. The van der Waals surface area contributed by atoms with E-state index in [0.29, 0.717) is 42.5 Å². The molecule has 0 aliphatic rings. The van der Waals surface area contributed by atoms with E-state index in [1.54, 1.807) is 11.0 Å². The molecule has 0 saturated carbocycles. The number of H-pyrrole nitrogens is 1. The van der Waals surface area contributed by atoms with Crippen molar-refractivity contribution in [3.8, 4) is 0 Å². The van der Waals surface area contributed by atoms with Gasteiger partial charge in [-0.3, -0.25) is 14.5 Å². The van der Waals surface area contributed by atoms with Crippen LogP contribution in [0, 0.1) is 0 Å². The Morgan fingerprint density at radius 3 is 2.41 bits per heavy atom. The maximum absolute atomic E-state index is 13.3. The lowest BCUT2D eigenvalue weighted by Crippen LogP contribution is -2.32. The highest BCUT2D eigenvalue weighted by atomic mass is 32.1. The normalized spacial score (nSPS) is 11.2. The molecule has 2 heterocycles. The Morgan fingerprint density at radius 1 is 0.853 bits per heavy atom. The van der Waals surface area contributed by atoms with Crippen LogP contribution in [0.2, 0.25) is 0 Å². The van der Waals surface area contributed by atoms with E-state index in [2.05, 4.69) is 22.1 Å². The molecule has 1 N–H and O–H groups in total. The Balaban J connectivity index is 1.31. The number of carbonyl (C=O) groups excluding carboxylic acids is 1. The van der Waals surface area contributed by atoms with Gasteiger partial charge >= 0.3 is 0 Å². The molecule has 170 valence electrons. The molecule has 1 amide bonds. The molecule has 0 fully saturated rings. The van der Waals surface area contributed by atoms with Crippen molar-refractivity contribution >= 4 is 43.5 Å². The minimum Gasteiger partial charge on any atom is -0.310 e. The zero-order valence-electron chi connectivity index (χ0n) is 18.6. The fourth-order valence-electron chi connectivity index (χ4n) is 3.98. The molecule has 0 unspecified atom stereocenters. The summed E-state index contributed by atoms with van der Waals surface area (Å²) in [5.41, 5.74) is 2.61. The average molecular weight is 469 g/mol. The van der Waals surface area contributed by atoms with Crippen molar-refractivity contribution in [2.24, 2.45) is 0 Å². The van der Waals surface area contributed by atoms with Gasteiger partial charge in [0, 0.05) is 19.4 Å². The number of aryl methyl sites for hydroxylation is 1. The van der Waals surface area contributed by atoms with Crippen LogP contribution in [0.5, 0.6) is 0 Å². The van der Waals surface area contributed by atoms with E-state index in [4.69, 9.17) is 4.98 Å². The molecule has 5 aromatic rings. The van der Waals surface area contributed by atoms with Crippen LogP contribution >= 0.6 is 11.3 Å². The maximum atomic E-state index is 13.3. The molecular formula is C27H24N4O2S. The van der Waals surface area contributed by atoms with Gasteiger partial charge in [-0.1, -0.05) is 65.9 Å². The first-order chi connectivity index (χ1) is 16.7. The number of anilines is 1. The highest BCUT2D eigenvalue weighted by molar-refractivity contribution is 7.22. The molecule has 0 spiro atoms. The van der Waals surface area contributed by atoms with E-state index in [-0.39, 0.29) is 11.5 Å². The number of nitrogens with zero attached hydrogens (tertiary/aromatic N) is 3. The standard InChI is InChI=1S/C27H24N4O2S/c32-25(16-8-15-24-28-21-12-5-4-11-20(21)26(33)30-24)31(18-17-19-9-2-1-3-10-19)27-29-22-13-6-7-14-23(22)34-27/h1-7,9-14H,8,15-18H2,(H,28,30,33). The van der Waals surface area contributed by atoms with Gasteiger partial charge in [-0.2, -0.15) is 0 Å². The molecule has 0 aliphatic carbocycles. The third kappa shape index (κ3) is 4.89. The summed E-state index contributed by atoms with van der Waals surface area (Å²) in [6, 6.07) is 25.4. The Kier molecular flexibility index (Phi) is 6.44. The van der Waals surface area contributed by atoms with Crippen molar-refractivity contribution in [3.63, 3.8) is 0 Å². The van der Waals surface area contributed by atoms with Crippen LogP contribution in [0.25, 0.3) is 21.1 Å². The highest BCUT2D eigenvalue weighted by Gasteiger charge is 2.19. The number of nitrogens with one attached hydrogen (secondary N) is 1. The molecule has 7 heteroatoms. The van der Waals surface area contributed by atoms with E-state index in [1.807, 2.05) is 60.7 Å².